The van der Waals surface area contributed by atoms with Gasteiger partial charge in [-0.15, -0.1) is 0 Å². The van der Waals surface area contributed by atoms with Crippen LogP contribution in [0.5, 0.6) is 5.75 Å². The van der Waals surface area contributed by atoms with Gasteiger partial charge in [0.2, 0.25) is 0 Å². The molecule has 0 aliphatic rings. The molecule has 22 heavy (non-hydrogen) atoms. The first-order valence-corrected chi connectivity index (χ1v) is 6.41. The van der Waals surface area contributed by atoms with Gasteiger partial charge in [0.25, 0.3) is 0 Å². The molecule has 0 heterocycles. The second-order valence-electron chi connectivity index (χ2n) is 4.62. The summed E-state index contributed by atoms with van der Waals surface area (Å²) in [6.45, 7) is 1.79. The van der Waals surface area contributed by atoms with Crippen LogP contribution in [0.25, 0.3) is 0 Å². The molecule has 6 nitrogen and oxygen atoms in total. The van der Waals surface area contributed by atoms with Crippen molar-refractivity contribution in [1.29, 1.82) is 5.26 Å². The minimum atomic E-state index is -0.900. The van der Waals surface area contributed by atoms with E-state index in [-0.39, 0.29) is 11.4 Å². The van der Waals surface area contributed by atoms with E-state index in [1.54, 1.807) is 13.0 Å². The number of nitrogens with zero attached hydrogens (tertiary/aromatic N) is 1. The number of hydrogen-bond donors (Lipinski definition) is 3. The highest BCUT2D eigenvalue weighted by Crippen LogP contribution is 2.23. The van der Waals surface area contributed by atoms with E-state index in [9.17, 15) is 14.7 Å². The maximum absolute atomic E-state index is 11.8. The third kappa shape index (κ3) is 3.61. The Bertz CT molecular complexity index is 761. The van der Waals surface area contributed by atoms with Crippen LogP contribution in [0.2, 0.25) is 0 Å². The van der Waals surface area contributed by atoms with Crippen molar-refractivity contribution in [2.45, 2.75) is 6.92 Å². The molecule has 0 atom stereocenters. The highest BCUT2D eigenvalue weighted by Gasteiger charge is 2.15. The fraction of sp³-hybridized carbons (Fsp3) is 0.0625. The molecule has 2 aromatic carbocycles. The molecule has 110 valence electrons. The lowest BCUT2D eigenvalue weighted by atomic mass is 10.2. The summed E-state index contributed by atoms with van der Waals surface area (Å²) in [7, 11) is 0. The molecule has 0 bridgehead atoms. The van der Waals surface area contributed by atoms with E-state index < -0.39 is 11.8 Å². The van der Waals surface area contributed by atoms with Crippen molar-refractivity contribution < 1.29 is 14.7 Å². The van der Waals surface area contributed by atoms with Crippen molar-refractivity contribution in [3.8, 4) is 11.8 Å². The standard InChI is InChI=1S/C16H13N3O3/c1-10-2-7-13(14(20)8-10)19-16(22)15(21)18-12-5-3-11(9-17)4-6-12/h2-8,20H,1H3,(H,18,21)(H,19,22). The van der Waals surface area contributed by atoms with Crippen molar-refractivity contribution >= 4 is 23.2 Å². The van der Waals surface area contributed by atoms with Gasteiger partial charge in [0.15, 0.2) is 0 Å². The monoisotopic (exact) mass is 295 g/mol. The normalized spacial score (nSPS) is 9.64. The van der Waals surface area contributed by atoms with Gasteiger partial charge < -0.3 is 15.7 Å². The predicted octanol–water partition coefficient (Wildman–Crippen LogP) is 2.15. The molecule has 3 N–H and O–H groups in total. The summed E-state index contributed by atoms with van der Waals surface area (Å²) in [5.74, 6) is -1.88. The van der Waals surface area contributed by atoms with Crippen molar-refractivity contribution in [3.05, 3.63) is 53.6 Å². The summed E-state index contributed by atoms with van der Waals surface area (Å²) in [6, 6.07) is 12.7. The molecular formula is C16H13N3O3. The first kappa shape index (κ1) is 15.1. The third-order valence-corrected chi connectivity index (χ3v) is 2.88. The summed E-state index contributed by atoms with van der Waals surface area (Å²) < 4.78 is 0. The quantitative estimate of drug-likeness (QED) is 0.583. The number of rotatable bonds is 2. The van der Waals surface area contributed by atoms with Crippen molar-refractivity contribution in [1.82, 2.24) is 0 Å². The molecule has 0 saturated carbocycles. The molecule has 0 radical (unpaired) electrons. The molecular weight excluding hydrogens is 282 g/mol. The number of phenolic OH excluding ortho intramolecular Hbond substituents is 1. The Labute approximate surface area is 127 Å². The van der Waals surface area contributed by atoms with E-state index in [0.717, 1.165) is 5.56 Å². The Hall–Kier alpha value is -3.33. The van der Waals surface area contributed by atoms with Gasteiger partial charge in [-0.1, -0.05) is 6.07 Å². The maximum atomic E-state index is 11.8. The second kappa shape index (κ2) is 6.41. The second-order valence-corrected chi connectivity index (χ2v) is 4.62. The van der Waals surface area contributed by atoms with Crippen LogP contribution in [0.3, 0.4) is 0 Å². The smallest absolute Gasteiger partial charge is 0.314 e. The number of amides is 2. The minimum Gasteiger partial charge on any atom is -0.506 e. The number of carbonyl (C=O) groups is 2. The highest BCUT2D eigenvalue weighted by molar-refractivity contribution is 6.43. The molecule has 0 aromatic heterocycles. The Morgan fingerprint density at radius 1 is 1.05 bits per heavy atom. The van der Waals surface area contributed by atoms with Crippen LogP contribution >= 0.6 is 0 Å². The van der Waals surface area contributed by atoms with Crippen molar-refractivity contribution in [2.24, 2.45) is 0 Å². The molecule has 6 heteroatoms. The molecule has 2 amide bonds. The molecule has 2 rings (SSSR count). The van der Waals surface area contributed by atoms with E-state index in [2.05, 4.69) is 10.6 Å². The zero-order valence-electron chi connectivity index (χ0n) is 11.8. The largest absolute Gasteiger partial charge is 0.506 e. The fourth-order valence-electron chi connectivity index (χ4n) is 1.74. The molecule has 0 unspecified atom stereocenters. The molecule has 0 aliphatic heterocycles. The van der Waals surface area contributed by atoms with Crippen LogP contribution in [0.15, 0.2) is 42.5 Å². The number of aromatic hydroxyl groups is 1. The van der Waals surface area contributed by atoms with Crippen LogP contribution in [0.1, 0.15) is 11.1 Å². The van der Waals surface area contributed by atoms with Gasteiger partial charge in [0, 0.05) is 5.69 Å². The number of phenols is 1. The number of anilines is 2. The topological polar surface area (TPSA) is 102 Å². The number of nitriles is 1. The summed E-state index contributed by atoms with van der Waals surface area (Å²) in [4.78, 5) is 23.6. The lowest BCUT2D eigenvalue weighted by Gasteiger charge is -2.08. The van der Waals surface area contributed by atoms with E-state index in [4.69, 9.17) is 5.26 Å². The maximum Gasteiger partial charge on any atom is 0.314 e. The van der Waals surface area contributed by atoms with Gasteiger partial charge in [-0.25, -0.2) is 0 Å². The van der Waals surface area contributed by atoms with Gasteiger partial charge in [0.05, 0.1) is 17.3 Å². The molecule has 2 aromatic rings. The fourth-order valence-corrected chi connectivity index (χ4v) is 1.74. The van der Waals surface area contributed by atoms with Crippen LogP contribution in [-0.2, 0) is 9.59 Å². The lowest BCUT2D eigenvalue weighted by molar-refractivity contribution is -0.133. The number of benzene rings is 2. The Balaban J connectivity index is 2.02. The Morgan fingerprint density at radius 3 is 2.27 bits per heavy atom. The lowest BCUT2D eigenvalue weighted by Crippen LogP contribution is -2.29. The number of aryl methyl sites for hydroxylation is 1. The number of hydrogen-bond acceptors (Lipinski definition) is 4. The number of nitrogens with one attached hydrogen (secondary N) is 2. The van der Waals surface area contributed by atoms with Crippen LogP contribution in [0, 0.1) is 18.3 Å². The average Bonchev–Trinajstić information content (AvgIpc) is 2.50. The van der Waals surface area contributed by atoms with Crippen LogP contribution in [0.4, 0.5) is 11.4 Å². The zero-order chi connectivity index (χ0) is 16.1. The molecule has 0 aliphatic carbocycles. The van der Waals surface area contributed by atoms with Gasteiger partial charge in [-0.05, 0) is 48.9 Å². The Morgan fingerprint density at radius 2 is 1.68 bits per heavy atom. The van der Waals surface area contributed by atoms with Crippen LogP contribution < -0.4 is 10.6 Å². The molecule has 0 fully saturated rings. The van der Waals surface area contributed by atoms with Gasteiger partial charge in [-0.3, -0.25) is 9.59 Å². The van der Waals surface area contributed by atoms with Gasteiger partial charge >= 0.3 is 11.8 Å². The van der Waals surface area contributed by atoms with Crippen LogP contribution in [-0.4, -0.2) is 16.9 Å². The first-order chi connectivity index (χ1) is 10.5. The summed E-state index contributed by atoms with van der Waals surface area (Å²) >= 11 is 0. The van der Waals surface area contributed by atoms with Gasteiger partial charge in [0.1, 0.15) is 5.75 Å². The van der Waals surface area contributed by atoms with E-state index in [1.807, 2.05) is 6.07 Å². The van der Waals surface area contributed by atoms with E-state index in [0.29, 0.717) is 11.3 Å². The summed E-state index contributed by atoms with van der Waals surface area (Å²) in [5, 5.41) is 23.1. The number of carbonyl (C=O) groups excluding carboxylic acids is 2. The predicted molar refractivity (Wildman–Crippen MR) is 81.3 cm³/mol. The van der Waals surface area contributed by atoms with E-state index in [1.165, 1.54) is 36.4 Å². The van der Waals surface area contributed by atoms with Gasteiger partial charge in [-0.2, -0.15) is 5.26 Å². The average molecular weight is 295 g/mol. The highest BCUT2D eigenvalue weighted by atomic mass is 16.3. The van der Waals surface area contributed by atoms with E-state index >= 15 is 0 Å². The Kier molecular flexibility index (Phi) is 4.39. The summed E-state index contributed by atoms with van der Waals surface area (Å²) in [6.07, 6.45) is 0. The molecule has 0 spiro atoms. The van der Waals surface area contributed by atoms with Crippen molar-refractivity contribution in [2.75, 3.05) is 10.6 Å². The van der Waals surface area contributed by atoms with Crippen molar-refractivity contribution in [3.63, 3.8) is 0 Å². The SMILES string of the molecule is Cc1ccc(NC(=O)C(=O)Nc2ccc(C#N)cc2)c(O)c1. The summed E-state index contributed by atoms with van der Waals surface area (Å²) in [5.41, 5.74) is 1.84. The first-order valence-electron chi connectivity index (χ1n) is 6.41. The third-order valence-electron chi connectivity index (χ3n) is 2.88. The molecule has 0 saturated heterocycles. The zero-order valence-corrected chi connectivity index (χ0v) is 11.8. The minimum absolute atomic E-state index is 0.112.